The zero-order chi connectivity index (χ0) is 47.1. The Labute approximate surface area is 408 Å². The van der Waals surface area contributed by atoms with Crippen molar-refractivity contribution in [3.05, 3.63) is 234 Å². The summed E-state index contributed by atoms with van der Waals surface area (Å²) in [4.78, 5) is 53.2. The van der Waals surface area contributed by atoms with Gasteiger partial charge in [-0.25, -0.2) is 19.2 Å². The molecule has 0 spiro atoms. The number of carbonyl (C=O) groups excluding carboxylic acids is 4. The Kier molecular flexibility index (Phi) is 12.1. The third-order valence-corrected chi connectivity index (χ3v) is 12.2. The maximum Gasteiger partial charge on any atom is 0.343 e. The van der Waals surface area contributed by atoms with Gasteiger partial charge in [-0.05, 0) is 121 Å². The molecule has 0 atom stereocenters. The number of hydrogen-bond acceptors (Lipinski definition) is 10. The Bertz CT molecular complexity index is 2860. The predicted octanol–water partition coefficient (Wildman–Crippen LogP) is 14.4. The molecule has 2 heterocycles. The SMILES string of the molecule is O=C(Oc1ccc2c(c1)Oc1cc(OC(=O)c3ccc(Cl)cc3)ccc1C2C1c2ccc(OC(=O)c3ccc(Cl)cc3)cc2Oc2cc(OC(=O)c3ccc(Cl)cc3)ccc21)c1ccc(Cl)cc1. The van der Waals surface area contributed by atoms with Crippen LogP contribution in [0.4, 0.5) is 0 Å². The van der Waals surface area contributed by atoms with Crippen molar-refractivity contribution in [1.82, 2.24) is 0 Å². The minimum Gasteiger partial charge on any atom is -0.456 e. The number of halogens is 4. The van der Waals surface area contributed by atoms with Crippen molar-refractivity contribution in [3.8, 4) is 46.0 Å². The van der Waals surface area contributed by atoms with E-state index in [1.165, 1.54) is 0 Å². The second-order valence-corrected chi connectivity index (χ2v) is 17.3. The van der Waals surface area contributed by atoms with E-state index in [9.17, 15) is 19.2 Å². The lowest BCUT2D eigenvalue weighted by molar-refractivity contribution is 0.0724. The maximum atomic E-state index is 13.3. The normalized spacial score (nSPS) is 12.5. The highest BCUT2D eigenvalue weighted by Crippen LogP contribution is 2.59. The van der Waals surface area contributed by atoms with E-state index in [1.54, 1.807) is 146 Å². The Morgan fingerprint density at radius 2 is 0.515 bits per heavy atom. The molecule has 2 aliphatic heterocycles. The summed E-state index contributed by atoms with van der Waals surface area (Å²) < 4.78 is 36.5. The van der Waals surface area contributed by atoms with Crippen molar-refractivity contribution in [2.75, 3.05) is 0 Å². The Hall–Kier alpha value is -7.60. The second-order valence-electron chi connectivity index (χ2n) is 15.5. The van der Waals surface area contributed by atoms with Gasteiger partial charge in [-0.3, -0.25) is 0 Å². The number of benzene rings is 8. The summed E-state index contributed by atoms with van der Waals surface area (Å²) in [6.07, 6.45) is 0. The smallest absolute Gasteiger partial charge is 0.343 e. The molecule has 2 aliphatic rings. The van der Waals surface area contributed by atoms with Crippen LogP contribution in [-0.2, 0) is 0 Å². The van der Waals surface area contributed by atoms with Crippen molar-refractivity contribution >= 4 is 70.3 Å². The van der Waals surface area contributed by atoms with E-state index in [0.29, 0.717) is 65.3 Å². The van der Waals surface area contributed by atoms with Crippen LogP contribution in [0.15, 0.2) is 170 Å². The van der Waals surface area contributed by atoms with Crippen LogP contribution in [0, 0.1) is 0 Å². The zero-order valence-corrected chi connectivity index (χ0v) is 37.9. The lowest BCUT2D eigenvalue weighted by Crippen LogP contribution is -2.22. The number of fused-ring (bicyclic) bond motifs is 4. The fourth-order valence-corrected chi connectivity index (χ4v) is 8.50. The monoisotopic (exact) mass is 978 g/mol. The third kappa shape index (κ3) is 9.23. The lowest BCUT2D eigenvalue weighted by atomic mass is 9.71. The van der Waals surface area contributed by atoms with Crippen LogP contribution in [0.5, 0.6) is 46.0 Å². The molecule has 68 heavy (non-hydrogen) atoms. The molecule has 10 nitrogen and oxygen atoms in total. The molecule has 0 fully saturated rings. The van der Waals surface area contributed by atoms with Gasteiger partial charge in [-0.2, -0.15) is 0 Å². The van der Waals surface area contributed by atoms with Gasteiger partial charge in [-0.1, -0.05) is 70.7 Å². The first-order valence-corrected chi connectivity index (χ1v) is 22.3. The Morgan fingerprint density at radius 3 is 0.721 bits per heavy atom. The van der Waals surface area contributed by atoms with Gasteiger partial charge in [0.1, 0.15) is 46.0 Å². The van der Waals surface area contributed by atoms with Gasteiger partial charge in [0.25, 0.3) is 0 Å². The maximum absolute atomic E-state index is 13.3. The van der Waals surface area contributed by atoms with E-state index in [-0.39, 0.29) is 45.3 Å². The third-order valence-electron chi connectivity index (χ3n) is 11.2. The molecule has 0 aliphatic carbocycles. The summed E-state index contributed by atoms with van der Waals surface area (Å²) in [5.74, 6) is -1.37. The highest BCUT2D eigenvalue weighted by molar-refractivity contribution is 6.31. The molecule has 10 rings (SSSR count). The molecule has 8 aromatic rings. The van der Waals surface area contributed by atoms with Gasteiger partial charge < -0.3 is 28.4 Å². The molecular weight excluding hydrogens is 950 g/mol. The first kappa shape index (κ1) is 44.2. The van der Waals surface area contributed by atoms with Crippen LogP contribution in [0.25, 0.3) is 0 Å². The van der Waals surface area contributed by atoms with E-state index in [0.717, 1.165) is 0 Å². The molecule has 14 heteroatoms. The summed E-state index contributed by atoms with van der Waals surface area (Å²) >= 11 is 24.3. The fraction of sp³-hybridized carbons (Fsp3) is 0.0370. The van der Waals surface area contributed by atoms with Crippen molar-refractivity contribution in [1.29, 1.82) is 0 Å². The van der Waals surface area contributed by atoms with Crippen LogP contribution >= 0.6 is 46.4 Å². The minimum atomic E-state index is -0.613. The van der Waals surface area contributed by atoms with Gasteiger partial charge >= 0.3 is 23.9 Å². The molecule has 0 aromatic heterocycles. The number of carbonyl (C=O) groups is 4. The van der Waals surface area contributed by atoms with E-state index < -0.39 is 35.7 Å². The average molecular weight is 981 g/mol. The highest BCUT2D eigenvalue weighted by atomic mass is 35.5. The highest BCUT2D eigenvalue weighted by Gasteiger charge is 2.41. The zero-order valence-electron chi connectivity index (χ0n) is 34.9. The standard InChI is InChI=1S/C54H30Cl4O10/c55-33-9-1-29(2-10-33)51(59)63-37-17-21-41-45(25-37)67-46-26-38(64-52(60)30-3-11-34(56)12-4-30)18-22-42(46)49(41)50-43-23-19-39(65-53(61)31-5-13-35(57)14-6-31)27-47(43)68-48-28-40(20-24-44(48)50)66-54(62)32-7-15-36(58)16-8-32/h1-28,49-50H. The molecule has 0 N–H and O–H groups in total. The molecule has 0 amide bonds. The molecule has 0 unspecified atom stereocenters. The van der Waals surface area contributed by atoms with Crippen LogP contribution in [-0.4, -0.2) is 23.9 Å². The first-order chi connectivity index (χ1) is 32.9. The summed E-state index contributed by atoms with van der Waals surface area (Å²) in [5.41, 5.74) is 3.96. The van der Waals surface area contributed by atoms with Crippen LogP contribution in [0.3, 0.4) is 0 Å². The van der Waals surface area contributed by atoms with Gasteiger partial charge in [0, 0.05) is 78.4 Å². The Morgan fingerprint density at radius 1 is 0.309 bits per heavy atom. The van der Waals surface area contributed by atoms with E-state index in [2.05, 4.69) is 0 Å². The molecule has 8 aromatic carbocycles. The van der Waals surface area contributed by atoms with Crippen LogP contribution in [0.2, 0.25) is 20.1 Å². The van der Waals surface area contributed by atoms with Crippen molar-refractivity contribution in [2.45, 2.75) is 11.8 Å². The number of esters is 4. The number of ether oxygens (including phenoxy) is 6. The Balaban J connectivity index is 1.07. The summed E-state index contributed by atoms with van der Waals surface area (Å²) in [7, 11) is 0. The quantitative estimate of drug-likeness (QED) is 0.102. The first-order valence-electron chi connectivity index (χ1n) is 20.7. The molecule has 0 bridgehead atoms. The summed E-state index contributed by atoms with van der Waals surface area (Å²) in [5, 5.41) is 1.86. The second kappa shape index (κ2) is 18.6. The number of rotatable bonds is 9. The van der Waals surface area contributed by atoms with Crippen molar-refractivity contribution in [2.24, 2.45) is 0 Å². The predicted molar refractivity (Wildman–Crippen MR) is 255 cm³/mol. The molecule has 0 saturated carbocycles. The van der Waals surface area contributed by atoms with Crippen LogP contribution < -0.4 is 28.4 Å². The van der Waals surface area contributed by atoms with E-state index >= 15 is 0 Å². The van der Waals surface area contributed by atoms with E-state index in [1.807, 2.05) is 24.3 Å². The summed E-state index contributed by atoms with van der Waals surface area (Å²) in [6, 6.07) is 45.7. The van der Waals surface area contributed by atoms with E-state index in [4.69, 9.17) is 74.8 Å². The summed E-state index contributed by atoms with van der Waals surface area (Å²) in [6.45, 7) is 0. The average Bonchev–Trinajstić information content (AvgIpc) is 3.33. The minimum absolute atomic E-state index is 0.197. The van der Waals surface area contributed by atoms with Gasteiger partial charge in [-0.15, -0.1) is 0 Å². The molecule has 0 radical (unpaired) electrons. The van der Waals surface area contributed by atoms with Crippen molar-refractivity contribution < 1.29 is 47.6 Å². The van der Waals surface area contributed by atoms with Crippen LogP contribution in [0.1, 0.15) is 75.5 Å². The number of hydrogen-bond donors (Lipinski definition) is 0. The largest absolute Gasteiger partial charge is 0.456 e. The fourth-order valence-electron chi connectivity index (χ4n) is 7.99. The van der Waals surface area contributed by atoms with Gasteiger partial charge in [0.05, 0.1) is 22.3 Å². The molecular formula is C54H30Cl4O10. The molecule has 0 saturated heterocycles. The lowest BCUT2D eigenvalue weighted by Gasteiger charge is -2.38. The van der Waals surface area contributed by atoms with Crippen molar-refractivity contribution in [3.63, 3.8) is 0 Å². The van der Waals surface area contributed by atoms with Gasteiger partial charge in [0.15, 0.2) is 0 Å². The molecule has 334 valence electrons. The topological polar surface area (TPSA) is 124 Å². The van der Waals surface area contributed by atoms with Gasteiger partial charge in [0.2, 0.25) is 0 Å².